The van der Waals surface area contributed by atoms with E-state index in [1.165, 1.54) is 6.33 Å². The lowest BCUT2D eigenvalue weighted by molar-refractivity contribution is -0.130. The highest BCUT2D eigenvalue weighted by Gasteiger charge is 2.09. The number of nitrogens with one attached hydrogen (secondary N) is 1. The second kappa shape index (κ2) is 7.41. The monoisotopic (exact) mass is 348 g/mol. The molecule has 1 aromatic heterocycles. The Bertz CT molecular complexity index is 368. The lowest BCUT2D eigenvalue weighted by atomic mass is 10.3. The summed E-state index contributed by atoms with van der Waals surface area (Å²) in [5.74, 6) is 0.958. The van der Waals surface area contributed by atoms with Crippen LogP contribution in [0.4, 0.5) is 5.82 Å². The van der Waals surface area contributed by atoms with Gasteiger partial charge in [0.2, 0.25) is 5.91 Å². The molecule has 0 aliphatic rings. The average molecular weight is 348 g/mol. The number of nitrogens with zero attached hydrogens (tertiary/aromatic N) is 3. The van der Waals surface area contributed by atoms with Crippen molar-refractivity contribution in [3.63, 3.8) is 0 Å². The Morgan fingerprint density at radius 3 is 2.76 bits per heavy atom. The van der Waals surface area contributed by atoms with Crippen molar-refractivity contribution < 1.29 is 4.79 Å². The van der Waals surface area contributed by atoms with Gasteiger partial charge in [-0.2, -0.15) is 0 Å². The maximum absolute atomic E-state index is 11.7. The molecule has 0 aliphatic carbocycles. The summed E-state index contributed by atoms with van der Waals surface area (Å²) >= 11 is 2.16. The van der Waals surface area contributed by atoms with Crippen LogP contribution in [0.15, 0.2) is 12.5 Å². The Kier molecular flexibility index (Phi) is 6.17. The zero-order chi connectivity index (χ0) is 12.7. The summed E-state index contributed by atoms with van der Waals surface area (Å²) < 4.78 is 0.959. The Hall–Kier alpha value is -0.920. The highest BCUT2D eigenvalue weighted by molar-refractivity contribution is 14.1. The van der Waals surface area contributed by atoms with Crippen LogP contribution in [-0.4, -0.2) is 40.4 Å². The number of aromatic nitrogens is 2. The lowest BCUT2D eigenvalue weighted by Gasteiger charge is -2.18. The van der Waals surface area contributed by atoms with Crippen LogP contribution < -0.4 is 5.32 Å². The minimum Gasteiger partial charge on any atom is -0.369 e. The van der Waals surface area contributed by atoms with E-state index in [2.05, 4.69) is 37.9 Å². The molecule has 0 aromatic carbocycles. The van der Waals surface area contributed by atoms with E-state index < -0.39 is 0 Å². The van der Waals surface area contributed by atoms with Crippen LogP contribution >= 0.6 is 22.6 Å². The van der Waals surface area contributed by atoms with E-state index in [-0.39, 0.29) is 5.91 Å². The molecule has 0 bridgehead atoms. The molecule has 1 N–H and O–H groups in total. The van der Waals surface area contributed by atoms with E-state index in [0.717, 1.165) is 22.5 Å². The fourth-order valence-corrected chi connectivity index (χ4v) is 1.96. The second-order valence-corrected chi connectivity index (χ2v) is 4.62. The Balaban J connectivity index is 2.38. The van der Waals surface area contributed by atoms with Crippen molar-refractivity contribution in [1.29, 1.82) is 0 Å². The third kappa shape index (κ3) is 4.45. The average Bonchev–Trinajstić information content (AvgIpc) is 2.33. The normalized spacial score (nSPS) is 10.1. The van der Waals surface area contributed by atoms with E-state index >= 15 is 0 Å². The third-order valence-corrected chi connectivity index (χ3v) is 3.20. The minimum absolute atomic E-state index is 0.173. The van der Waals surface area contributed by atoms with Crippen LogP contribution in [0.5, 0.6) is 0 Å². The molecule has 0 atom stereocenters. The molecule has 1 heterocycles. The minimum atomic E-state index is 0.173. The van der Waals surface area contributed by atoms with Crippen molar-refractivity contribution in [3.8, 4) is 0 Å². The summed E-state index contributed by atoms with van der Waals surface area (Å²) in [6.07, 6.45) is 3.72. The van der Waals surface area contributed by atoms with Gasteiger partial charge in [0.1, 0.15) is 12.1 Å². The van der Waals surface area contributed by atoms with Gasteiger partial charge in [0.25, 0.3) is 0 Å². The first-order valence-corrected chi connectivity index (χ1v) is 6.74. The molecule has 1 amide bonds. The van der Waals surface area contributed by atoms with E-state index in [9.17, 15) is 4.79 Å². The number of rotatable bonds is 6. The van der Waals surface area contributed by atoms with E-state index in [4.69, 9.17) is 0 Å². The molecule has 0 fully saturated rings. The molecular formula is C11H17IN4O. The van der Waals surface area contributed by atoms with Gasteiger partial charge in [-0.05, 0) is 36.4 Å². The summed E-state index contributed by atoms with van der Waals surface area (Å²) in [6, 6.07) is 0. The maximum Gasteiger partial charge on any atom is 0.224 e. The van der Waals surface area contributed by atoms with Gasteiger partial charge >= 0.3 is 0 Å². The topological polar surface area (TPSA) is 58.1 Å². The van der Waals surface area contributed by atoms with Gasteiger partial charge < -0.3 is 10.2 Å². The van der Waals surface area contributed by atoms with Crippen LogP contribution in [0.25, 0.3) is 0 Å². The molecule has 94 valence electrons. The molecular weight excluding hydrogens is 331 g/mol. The van der Waals surface area contributed by atoms with Gasteiger partial charge in [-0.1, -0.05) is 0 Å². The summed E-state index contributed by atoms with van der Waals surface area (Å²) in [6.45, 7) is 6.10. The van der Waals surface area contributed by atoms with Crippen molar-refractivity contribution in [3.05, 3.63) is 16.1 Å². The molecule has 6 heteroatoms. The number of carbonyl (C=O) groups is 1. The van der Waals surface area contributed by atoms with Gasteiger partial charge in [0.05, 0.1) is 3.57 Å². The summed E-state index contributed by atoms with van der Waals surface area (Å²) in [5, 5.41) is 3.14. The smallest absolute Gasteiger partial charge is 0.224 e. The van der Waals surface area contributed by atoms with Gasteiger partial charge in [-0.3, -0.25) is 4.79 Å². The molecule has 0 saturated heterocycles. The van der Waals surface area contributed by atoms with E-state index in [1.54, 1.807) is 6.20 Å². The van der Waals surface area contributed by atoms with Gasteiger partial charge in [-0.25, -0.2) is 9.97 Å². The van der Waals surface area contributed by atoms with Crippen molar-refractivity contribution in [2.45, 2.75) is 20.3 Å². The third-order valence-electron chi connectivity index (χ3n) is 2.42. The van der Waals surface area contributed by atoms with Crippen molar-refractivity contribution in [2.24, 2.45) is 0 Å². The van der Waals surface area contributed by atoms with Crippen molar-refractivity contribution in [1.82, 2.24) is 14.9 Å². The molecule has 0 radical (unpaired) electrons. The number of hydrogen-bond acceptors (Lipinski definition) is 4. The van der Waals surface area contributed by atoms with E-state index in [0.29, 0.717) is 13.0 Å². The zero-order valence-electron chi connectivity index (χ0n) is 10.1. The Morgan fingerprint density at radius 2 is 2.18 bits per heavy atom. The van der Waals surface area contributed by atoms with Gasteiger partial charge in [-0.15, -0.1) is 0 Å². The molecule has 0 spiro atoms. The van der Waals surface area contributed by atoms with Crippen LogP contribution in [0.1, 0.15) is 20.3 Å². The fourth-order valence-electron chi connectivity index (χ4n) is 1.46. The standard InChI is InChI=1S/C11H17IN4O/c1-3-16(4-2)10(17)5-6-14-11-9(12)7-13-8-15-11/h7-8H,3-6H2,1-2H3,(H,13,14,15). The largest absolute Gasteiger partial charge is 0.369 e. The fraction of sp³-hybridized carbons (Fsp3) is 0.545. The Labute approximate surface area is 115 Å². The summed E-state index contributed by atoms with van der Waals surface area (Å²) in [4.78, 5) is 21.6. The molecule has 0 unspecified atom stereocenters. The summed E-state index contributed by atoms with van der Waals surface area (Å²) in [5.41, 5.74) is 0. The van der Waals surface area contributed by atoms with E-state index in [1.807, 2.05) is 18.7 Å². The lowest BCUT2D eigenvalue weighted by Crippen LogP contribution is -2.31. The highest BCUT2D eigenvalue weighted by atomic mass is 127. The van der Waals surface area contributed by atoms with Crippen molar-refractivity contribution in [2.75, 3.05) is 25.0 Å². The zero-order valence-corrected chi connectivity index (χ0v) is 12.3. The first-order chi connectivity index (χ1) is 8.19. The molecule has 5 nitrogen and oxygen atoms in total. The van der Waals surface area contributed by atoms with Crippen LogP contribution in [0.3, 0.4) is 0 Å². The van der Waals surface area contributed by atoms with Gasteiger partial charge in [0.15, 0.2) is 0 Å². The predicted molar refractivity (Wildman–Crippen MR) is 75.8 cm³/mol. The van der Waals surface area contributed by atoms with Crippen molar-refractivity contribution >= 4 is 34.3 Å². The molecule has 17 heavy (non-hydrogen) atoms. The maximum atomic E-state index is 11.7. The SMILES string of the molecule is CCN(CC)C(=O)CCNc1ncncc1I. The first kappa shape index (κ1) is 14.1. The number of hydrogen-bond donors (Lipinski definition) is 1. The molecule has 1 rings (SSSR count). The predicted octanol–water partition coefficient (Wildman–Crippen LogP) is 1.75. The number of amides is 1. The quantitative estimate of drug-likeness (QED) is 0.796. The van der Waals surface area contributed by atoms with Crippen LogP contribution in [-0.2, 0) is 4.79 Å². The highest BCUT2D eigenvalue weighted by Crippen LogP contribution is 2.12. The number of carbonyl (C=O) groups excluding carboxylic acids is 1. The van der Waals surface area contributed by atoms with Gasteiger partial charge in [0, 0.05) is 32.3 Å². The molecule has 0 saturated carbocycles. The Morgan fingerprint density at radius 1 is 1.47 bits per heavy atom. The number of halogens is 1. The summed E-state index contributed by atoms with van der Waals surface area (Å²) in [7, 11) is 0. The van der Waals surface area contributed by atoms with Crippen LogP contribution in [0.2, 0.25) is 0 Å². The number of anilines is 1. The first-order valence-electron chi connectivity index (χ1n) is 5.66. The molecule has 0 aliphatic heterocycles. The second-order valence-electron chi connectivity index (χ2n) is 3.46. The molecule has 1 aromatic rings. The van der Waals surface area contributed by atoms with Crippen LogP contribution in [0, 0.1) is 3.57 Å².